The van der Waals surface area contributed by atoms with Gasteiger partial charge in [-0.15, -0.1) is 10.2 Å². The third-order valence-corrected chi connectivity index (χ3v) is 8.35. The molecule has 0 bridgehead atoms. The van der Waals surface area contributed by atoms with Gasteiger partial charge in [-0.1, -0.05) is 54.6 Å². The van der Waals surface area contributed by atoms with Gasteiger partial charge < -0.3 is 10.8 Å². The molecule has 0 unspecified atom stereocenters. The molecule has 6 aromatic rings. The largest absolute Gasteiger partial charge is 0.389 e. The molecule has 2 aliphatic rings. The van der Waals surface area contributed by atoms with E-state index in [2.05, 4.69) is 44.4 Å². The lowest BCUT2D eigenvalue weighted by Gasteiger charge is -2.52. The van der Waals surface area contributed by atoms with Crippen LogP contribution in [0.5, 0.6) is 0 Å². The maximum absolute atomic E-state index is 10.9. The van der Waals surface area contributed by atoms with E-state index in [0.29, 0.717) is 47.1 Å². The van der Waals surface area contributed by atoms with E-state index in [9.17, 15) is 5.11 Å². The molecule has 2 aromatic carbocycles. The first kappa shape index (κ1) is 23.3. The number of pyridine rings is 1. The normalized spacial score (nSPS) is 22.4. The molecular formula is C31H26N8O. The Bertz CT molecular complexity index is 1880. The average molecular weight is 527 g/mol. The Labute approximate surface area is 229 Å². The number of nitrogens with zero attached hydrogens (tertiary/aromatic N) is 7. The first-order chi connectivity index (χ1) is 19.5. The minimum absolute atomic E-state index is 0.413. The Morgan fingerprint density at radius 2 is 1.57 bits per heavy atom. The molecule has 9 nitrogen and oxygen atoms in total. The standard InChI is InChI=1S/C31H26N8O/c32-30(17-31(40,18-30)22-10-11-22)21-8-6-20(7-9-21)26-27(19-4-2-1-3-5-19)36-28-23(35-26)12-13-25-37-38-29(39(25)28)24-16-33-14-15-34-24/h1-9,12-16,22,40H,10-11,17-18,32H2. The third-order valence-electron chi connectivity index (χ3n) is 8.35. The van der Waals surface area contributed by atoms with Crippen LogP contribution in [0.2, 0.25) is 0 Å². The molecule has 0 aliphatic heterocycles. The Kier molecular flexibility index (Phi) is 4.92. The van der Waals surface area contributed by atoms with Crippen LogP contribution in [0.1, 0.15) is 31.2 Å². The average Bonchev–Trinajstić information content (AvgIpc) is 3.76. The summed E-state index contributed by atoms with van der Waals surface area (Å²) in [7, 11) is 0. The van der Waals surface area contributed by atoms with Gasteiger partial charge in [0.05, 0.1) is 23.2 Å². The zero-order valence-corrected chi connectivity index (χ0v) is 21.6. The van der Waals surface area contributed by atoms with Gasteiger partial charge in [-0.05, 0) is 49.3 Å². The highest BCUT2D eigenvalue weighted by Gasteiger charge is 2.58. The van der Waals surface area contributed by atoms with E-state index in [1.54, 1.807) is 18.6 Å². The van der Waals surface area contributed by atoms with Gasteiger partial charge in [-0.25, -0.2) is 15.0 Å². The van der Waals surface area contributed by atoms with E-state index < -0.39 is 11.1 Å². The van der Waals surface area contributed by atoms with Crippen LogP contribution in [0.15, 0.2) is 85.3 Å². The van der Waals surface area contributed by atoms with Crippen molar-refractivity contribution in [3.63, 3.8) is 0 Å². The van der Waals surface area contributed by atoms with Gasteiger partial charge in [0.1, 0.15) is 11.2 Å². The van der Waals surface area contributed by atoms with Crippen LogP contribution in [-0.2, 0) is 5.54 Å². The quantitative estimate of drug-likeness (QED) is 0.335. The number of hydrogen-bond acceptors (Lipinski definition) is 8. The lowest BCUT2D eigenvalue weighted by atomic mass is 9.60. The molecule has 0 radical (unpaired) electrons. The van der Waals surface area contributed by atoms with Crippen LogP contribution >= 0.6 is 0 Å². The predicted octanol–water partition coefficient (Wildman–Crippen LogP) is 4.55. The number of hydrogen-bond donors (Lipinski definition) is 2. The fraction of sp³-hybridized carbons (Fsp3) is 0.226. The van der Waals surface area contributed by atoms with Crippen molar-refractivity contribution in [1.29, 1.82) is 0 Å². The van der Waals surface area contributed by atoms with Gasteiger partial charge in [0.25, 0.3) is 0 Å². The van der Waals surface area contributed by atoms with Crippen molar-refractivity contribution < 1.29 is 5.11 Å². The van der Waals surface area contributed by atoms with Crippen molar-refractivity contribution in [3.8, 4) is 34.0 Å². The van der Waals surface area contributed by atoms with Crippen molar-refractivity contribution in [2.75, 3.05) is 0 Å². The van der Waals surface area contributed by atoms with Crippen LogP contribution in [-0.4, -0.2) is 45.2 Å². The van der Waals surface area contributed by atoms with Gasteiger partial charge in [-0.3, -0.25) is 9.38 Å². The van der Waals surface area contributed by atoms with Crippen molar-refractivity contribution in [1.82, 2.24) is 34.5 Å². The zero-order valence-electron chi connectivity index (χ0n) is 21.6. The van der Waals surface area contributed by atoms with Gasteiger partial charge in [0.15, 0.2) is 17.1 Å². The first-order valence-electron chi connectivity index (χ1n) is 13.5. The molecule has 0 saturated heterocycles. The first-order valence-corrected chi connectivity index (χ1v) is 13.5. The monoisotopic (exact) mass is 526 g/mol. The second-order valence-corrected chi connectivity index (χ2v) is 11.1. The van der Waals surface area contributed by atoms with Crippen LogP contribution in [0.25, 0.3) is 50.8 Å². The highest BCUT2D eigenvalue weighted by Crippen LogP contribution is 2.57. The van der Waals surface area contributed by atoms with Crippen LogP contribution in [0.3, 0.4) is 0 Å². The Morgan fingerprint density at radius 3 is 2.30 bits per heavy atom. The van der Waals surface area contributed by atoms with Gasteiger partial charge in [-0.2, -0.15) is 0 Å². The summed E-state index contributed by atoms with van der Waals surface area (Å²) < 4.78 is 1.88. The SMILES string of the molecule is NC1(c2ccc(-c3nc4ccc5nnc(-c6cnccn6)n5c4nc3-c3ccccc3)cc2)CC(O)(C2CC2)C1. The summed E-state index contributed by atoms with van der Waals surface area (Å²) in [6.45, 7) is 0. The molecule has 0 amide bonds. The van der Waals surface area contributed by atoms with E-state index in [0.717, 1.165) is 40.9 Å². The second kappa shape index (κ2) is 8.45. The molecule has 2 fully saturated rings. The number of aliphatic hydroxyl groups is 1. The minimum Gasteiger partial charge on any atom is -0.389 e. The molecule has 0 atom stereocenters. The van der Waals surface area contributed by atoms with E-state index in [1.807, 2.05) is 46.9 Å². The van der Waals surface area contributed by atoms with Crippen molar-refractivity contribution in [2.24, 2.45) is 11.7 Å². The smallest absolute Gasteiger partial charge is 0.190 e. The molecule has 4 heterocycles. The molecule has 2 saturated carbocycles. The lowest BCUT2D eigenvalue weighted by Crippen LogP contribution is -2.60. The zero-order chi connectivity index (χ0) is 26.9. The van der Waals surface area contributed by atoms with E-state index >= 15 is 0 Å². The fourth-order valence-corrected chi connectivity index (χ4v) is 6.18. The number of fused-ring (bicyclic) bond motifs is 3. The summed E-state index contributed by atoms with van der Waals surface area (Å²) >= 11 is 0. The van der Waals surface area contributed by atoms with Crippen molar-refractivity contribution in [2.45, 2.75) is 36.8 Å². The Hall–Kier alpha value is -4.60. The molecule has 8 rings (SSSR count). The molecule has 3 N–H and O–H groups in total. The van der Waals surface area contributed by atoms with Gasteiger partial charge >= 0.3 is 0 Å². The molecule has 0 spiro atoms. The van der Waals surface area contributed by atoms with E-state index in [4.69, 9.17) is 15.7 Å². The summed E-state index contributed by atoms with van der Waals surface area (Å²) in [5, 5.41) is 19.6. The summed E-state index contributed by atoms with van der Waals surface area (Å²) in [6.07, 6.45) is 8.35. The fourth-order valence-electron chi connectivity index (χ4n) is 6.18. The van der Waals surface area contributed by atoms with Crippen molar-refractivity contribution in [3.05, 3.63) is 90.9 Å². The summed E-state index contributed by atoms with van der Waals surface area (Å²) in [6, 6.07) is 22.1. The lowest BCUT2D eigenvalue weighted by molar-refractivity contribution is -0.106. The van der Waals surface area contributed by atoms with Crippen LogP contribution < -0.4 is 5.73 Å². The van der Waals surface area contributed by atoms with Crippen molar-refractivity contribution >= 4 is 16.8 Å². The maximum Gasteiger partial charge on any atom is 0.190 e. The number of rotatable bonds is 5. The van der Waals surface area contributed by atoms with Crippen LogP contribution in [0.4, 0.5) is 0 Å². The molecule has 40 heavy (non-hydrogen) atoms. The Morgan fingerprint density at radius 1 is 0.825 bits per heavy atom. The highest BCUT2D eigenvalue weighted by atomic mass is 16.3. The van der Waals surface area contributed by atoms with Gasteiger partial charge in [0, 0.05) is 29.1 Å². The molecule has 196 valence electrons. The molecule has 9 heteroatoms. The molecule has 4 aromatic heterocycles. The number of aromatic nitrogens is 7. The maximum atomic E-state index is 10.9. The van der Waals surface area contributed by atoms with Gasteiger partial charge in [0.2, 0.25) is 0 Å². The van der Waals surface area contributed by atoms with Crippen LogP contribution in [0, 0.1) is 5.92 Å². The molecule has 2 aliphatic carbocycles. The summed E-state index contributed by atoms with van der Waals surface area (Å²) in [5.74, 6) is 0.968. The topological polar surface area (TPSA) is 128 Å². The second-order valence-electron chi connectivity index (χ2n) is 11.1. The van der Waals surface area contributed by atoms with E-state index in [-0.39, 0.29) is 0 Å². The highest BCUT2D eigenvalue weighted by molar-refractivity contribution is 5.86. The summed E-state index contributed by atoms with van der Waals surface area (Å²) in [5.41, 5.74) is 12.7. The predicted molar refractivity (Wildman–Crippen MR) is 151 cm³/mol. The number of nitrogens with two attached hydrogens (primary N) is 1. The minimum atomic E-state index is -0.602. The molecular weight excluding hydrogens is 500 g/mol. The number of benzene rings is 2. The Balaban J connectivity index is 1.27. The van der Waals surface area contributed by atoms with E-state index in [1.165, 1.54) is 0 Å². The third kappa shape index (κ3) is 3.62. The summed E-state index contributed by atoms with van der Waals surface area (Å²) in [4.78, 5) is 18.9.